The van der Waals surface area contributed by atoms with E-state index in [4.69, 9.17) is 16.3 Å². The maximum atomic E-state index is 10.8. The lowest BCUT2D eigenvalue weighted by Gasteiger charge is -2.27. The number of aryl methyl sites for hydroxylation is 1. The molecule has 0 aliphatic heterocycles. The Morgan fingerprint density at radius 2 is 2.12 bits per heavy atom. The highest BCUT2D eigenvalue weighted by molar-refractivity contribution is 6.62. The highest BCUT2D eigenvalue weighted by atomic mass is 35.5. The second kappa shape index (κ2) is 5.41. The summed E-state index contributed by atoms with van der Waals surface area (Å²) in [7, 11) is 1.64. The monoisotopic (exact) mass is 255 g/mol. The molecule has 1 N–H and O–H groups in total. The van der Waals surface area contributed by atoms with Crippen molar-refractivity contribution in [1.82, 2.24) is 5.32 Å². The third kappa shape index (κ3) is 3.63. The van der Waals surface area contributed by atoms with E-state index in [0.717, 1.165) is 16.9 Å². The number of nitrogens with one attached hydrogen (secondary N) is 1. The number of halogens is 1. The highest BCUT2D eigenvalue weighted by Gasteiger charge is 2.25. The van der Waals surface area contributed by atoms with Gasteiger partial charge in [0.1, 0.15) is 5.75 Å². The van der Waals surface area contributed by atoms with Crippen LogP contribution in [0.3, 0.4) is 0 Å². The summed E-state index contributed by atoms with van der Waals surface area (Å²) in [5.41, 5.74) is 1.98. The predicted molar refractivity (Wildman–Crippen MR) is 70.0 cm³/mol. The first-order chi connectivity index (χ1) is 7.86. The van der Waals surface area contributed by atoms with E-state index in [9.17, 15) is 4.79 Å². The molecule has 0 aliphatic rings. The van der Waals surface area contributed by atoms with Crippen LogP contribution in [-0.4, -0.2) is 19.0 Å². The molecule has 3 nitrogen and oxygen atoms in total. The lowest BCUT2D eigenvalue weighted by atomic mass is 9.83. The Balaban J connectivity index is 3.03. The molecule has 0 fully saturated rings. The molecule has 1 rings (SSSR count). The molecule has 1 amide bonds. The van der Waals surface area contributed by atoms with Crippen molar-refractivity contribution in [1.29, 1.82) is 0 Å². The number of ether oxygens (including phenoxy) is 1. The van der Waals surface area contributed by atoms with Crippen LogP contribution in [0.2, 0.25) is 0 Å². The number of rotatable bonds is 4. The molecule has 0 aromatic heterocycles. The van der Waals surface area contributed by atoms with Crippen molar-refractivity contribution >= 4 is 17.0 Å². The van der Waals surface area contributed by atoms with Crippen LogP contribution >= 0.6 is 11.6 Å². The third-order valence-electron chi connectivity index (χ3n) is 2.75. The van der Waals surface area contributed by atoms with E-state index in [1.165, 1.54) is 0 Å². The molecule has 0 saturated carbocycles. The molecule has 0 bridgehead atoms. The molecule has 0 radical (unpaired) electrons. The summed E-state index contributed by atoms with van der Waals surface area (Å²) in [6.45, 7) is 6.57. The zero-order chi connectivity index (χ0) is 13.1. The number of carbonyl (C=O) groups excluding carboxylic acids is 1. The van der Waals surface area contributed by atoms with Gasteiger partial charge in [0.15, 0.2) is 0 Å². The van der Waals surface area contributed by atoms with Crippen LogP contribution in [0.5, 0.6) is 5.75 Å². The Hall–Kier alpha value is -1.22. The molecular weight excluding hydrogens is 238 g/mol. The van der Waals surface area contributed by atoms with Crippen LogP contribution in [0.15, 0.2) is 18.2 Å². The van der Waals surface area contributed by atoms with E-state index < -0.39 is 5.37 Å². The van der Waals surface area contributed by atoms with E-state index in [1.54, 1.807) is 7.11 Å². The topological polar surface area (TPSA) is 38.3 Å². The average Bonchev–Trinajstić information content (AvgIpc) is 2.26. The summed E-state index contributed by atoms with van der Waals surface area (Å²) in [5.74, 6) is 0.824. The van der Waals surface area contributed by atoms with Gasteiger partial charge in [-0.3, -0.25) is 4.79 Å². The SMILES string of the molecule is COc1ccc(C)cc1C(C)(C)CNC(=O)Cl. The summed E-state index contributed by atoms with van der Waals surface area (Å²) in [4.78, 5) is 10.8. The largest absolute Gasteiger partial charge is 0.496 e. The van der Waals surface area contributed by atoms with Crippen LogP contribution in [0, 0.1) is 6.92 Å². The van der Waals surface area contributed by atoms with E-state index in [0.29, 0.717) is 6.54 Å². The molecular formula is C13H18ClNO2. The van der Waals surface area contributed by atoms with Crippen molar-refractivity contribution < 1.29 is 9.53 Å². The molecule has 94 valence electrons. The van der Waals surface area contributed by atoms with Gasteiger partial charge >= 0.3 is 5.37 Å². The van der Waals surface area contributed by atoms with E-state index >= 15 is 0 Å². The van der Waals surface area contributed by atoms with Gasteiger partial charge in [-0.15, -0.1) is 0 Å². The molecule has 0 aliphatic carbocycles. The molecule has 4 heteroatoms. The first-order valence-corrected chi connectivity index (χ1v) is 5.83. The standard InChI is InChI=1S/C13H18ClNO2/c1-9-5-6-11(17-4)10(7-9)13(2,3)8-15-12(14)16/h5-7H,8H2,1-4H3,(H,15,16). The molecule has 0 saturated heterocycles. The Morgan fingerprint density at radius 3 is 2.65 bits per heavy atom. The third-order valence-corrected chi connectivity index (χ3v) is 2.89. The van der Waals surface area contributed by atoms with Crippen LogP contribution < -0.4 is 10.1 Å². The lowest BCUT2D eigenvalue weighted by Crippen LogP contribution is -2.34. The molecule has 0 spiro atoms. The predicted octanol–water partition coefficient (Wildman–Crippen LogP) is 3.23. The van der Waals surface area contributed by atoms with Gasteiger partial charge in [0.05, 0.1) is 7.11 Å². The van der Waals surface area contributed by atoms with E-state index in [2.05, 4.69) is 11.4 Å². The van der Waals surface area contributed by atoms with Gasteiger partial charge in [-0.25, -0.2) is 0 Å². The van der Waals surface area contributed by atoms with Crippen molar-refractivity contribution in [3.05, 3.63) is 29.3 Å². The fourth-order valence-electron chi connectivity index (χ4n) is 1.74. The van der Waals surface area contributed by atoms with Crippen molar-refractivity contribution in [3.63, 3.8) is 0 Å². The van der Waals surface area contributed by atoms with Crippen molar-refractivity contribution in [2.45, 2.75) is 26.2 Å². The minimum atomic E-state index is -0.537. The molecule has 0 heterocycles. The fraction of sp³-hybridized carbons (Fsp3) is 0.462. The number of methoxy groups -OCH3 is 1. The first kappa shape index (κ1) is 13.8. The van der Waals surface area contributed by atoms with Crippen LogP contribution in [-0.2, 0) is 5.41 Å². The first-order valence-electron chi connectivity index (χ1n) is 5.45. The molecule has 1 aromatic rings. The summed E-state index contributed by atoms with van der Waals surface area (Å²) in [6.07, 6.45) is 0. The van der Waals surface area contributed by atoms with Crippen molar-refractivity contribution in [2.24, 2.45) is 0 Å². The van der Waals surface area contributed by atoms with Crippen molar-refractivity contribution in [2.75, 3.05) is 13.7 Å². The average molecular weight is 256 g/mol. The second-order valence-electron chi connectivity index (χ2n) is 4.71. The van der Waals surface area contributed by atoms with E-state index in [-0.39, 0.29) is 5.41 Å². The smallest absolute Gasteiger partial charge is 0.313 e. The zero-order valence-corrected chi connectivity index (χ0v) is 11.4. The Morgan fingerprint density at radius 1 is 1.47 bits per heavy atom. The molecule has 17 heavy (non-hydrogen) atoms. The Kier molecular flexibility index (Phi) is 4.40. The molecule has 1 aromatic carbocycles. The fourth-order valence-corrected chi connectivity index (χ4v) is 1.80. The van der Waals surface area contributed by atoms with Crippen LogP contribution in [0.1, 0.15) is 25.0 Å². The number of carbonyl (C=O) groups is 1. The van der Waals surface area contributed by atoms with Gasteiger partial charge in [0.2, 0.25) is 0 Å². The van der Waals surface area contributed by atoms with Crippen LogP contribution in [0.4, 0.5) is 4.79 Å². The van der Waals surface area contributed by atoms with Gasteiger partial charge in [0.25, 0.3) is 0 Å². The number of benzene rings is 1. The van der Waals surface area contributed by atoms with Crippen molar-refractivity contribution in [3.8, 4) is 5.75 Å². The van der Waals surface area contributed by atoms with Gasteiger partial charge < -0.3 is 10.1 Å². The molecule has 0 atom stereocenters. The highest BCUT2D eigenvalue weighted by Crippen LogP contribution is 2.32. The number of hydrogen-bond donors (Lipinski definition) is 1. The summed E-state index contributed by atoms with van der Waals surface area (Å²) in [6, 6.07) is 6.01. The second-order valence-corrected chi connectivity index (χ2v) is 5.06. The number of amides is 1. The minimum absolute atomic E-state index is 0.234. The minimum Gasteiger partial charge on any atom is -0.496 e. The Bertz CT molecular complexity index is 416. The lowest BCUT2D eigenvalue weighted by molar-refractivity contribution is 0.257. The summed E-state index contributed by atoms with van der Waals surface area (Å²) >= 11 is 5.29. The van der Waals surface area contributed by atoms with Gasteiger partial charge in [0, 0.05) is 17.5 Å². The summed E-state index contributed by atoms with van der Waals surface area (Å²) < 4.78 is 5.35. The summed E-state index contributed by atoms with van der Waals surface area (Å²) in [5, 5.41) is 2.09. The maximum absolute atomic E-state index is 10.8. The van der Waals surface area contributed by atoms with Gasteiger partial charge in [-0.05, 0) is 24.6 Å². The van der Waals surface area contributed by atoms with Gasteiger partial charge in [-0.1, -0.05) is 31.5 Å². The van der Waals surface area contributed by atoms with Gasteiger partial charge in [-0.2, -0.15) is 0 Å². The Labute approximate surface area is 107 Å². The molecule has 0 unspecified atom stereocenters. The normalized spacial score (nSPS) is 11.1. The van der Waals surface area contributed by atoms with Crippen LogP contribution in [0.25, 0.3) is 0 Å². The quantitative estimate of drug-likeness (QED) is 0.663. The zero-order valence-electron chi connectivity index (χ0n) is 10.6. The maximum Gasteiger partial charge on any atom is 0.313 e. The number of hydrogen-bond acceptors (Lipinski definition) is 2. The van der Waals surface area contributed by atoms with E-state index in [1.807, 2.05) is 32.9 Å².